The number of methoxy groups -OCH3 is 1. The lowest BCUT2D eigenvalue weighted by Crippen LogP contribution is -2.45. The summed E-state index contributed by atoms with van der Waals surface area (Å²) < 4.78 is 16.8. The summed E-state index contributed by atoms with van der Waals surface area (Å²) in [6, 6.07) is 7.60. The first kappa shape index (κ1) is 21.1. The molecule has 0 radical (unpaired) electrons. The standard InChI is InChI=1S/C22H29N3O4S/c1-27-17-7-6-15-10-16(21(26)24-20(15)11-17)13-25(14-19-5-3-9-29-19)22(30)23-12-18-4-2-8-28-18/h6-7,10-11,18-19H,2-5,8-9,12-14H2,1H3,(H,23,30)(H,24,26)/t18-,19-/m1/s1. The van der Waals surface area contributed by atoms with E-state index < -0.39 is 0 Å². The number of fused-ring (bicyclic) bond motifs is 1. The molecule has 162 valence electrons. The summed E-state index contributed by atoms with van der Waals surface area (Å²) in [5.41, 5.74) is 1.31. The Labute approximate surface area is 181 Å². The van der Waals surface area contributed by atoms with Crippen LogP contribution in [0.4, 0.5) is 0 Å². The molecule has 8 heteroatoms. The summed E-state index contributed by atoms with van der Waals surface area (Å²) in [4.78, 5) is 17.8. The number of nitrogens with zero attached hydrogens (tertiary/aromatic N) is 1. The number of thiocarbonyl (C=S) groups is 1. The molecule has 2 fully saturated rings. The Morgan fingerprint density at radius 3 is 2.70 bits per heavy atom. The number of pyridine rings is 1. The monoisotopic (exact) mass is 431 g/mol. The quantitative estimate of drug-likeness (QED) is 0.653. The summed E-state index contributed by atoms with van der Waals surface area (Å²) >= 11 is 5.69. The molecule has 2 aliphatic rings. The molecule has 2 N–H and O–H groups in total. The van der Waals surface area contributed by atoms with Gasteiger partial charge in [0, 0.05) is 37.9 Å². The van der Waals surface area contributed by atoms with E-state index in [4.69, 9.17) is 26.4 Å². The Morgan fingerprint density at radius 1 is 1.23 bits per heavy atom. The number of rotatable bonds is 7. The number of ether oxygens (including phenoxy) is 3. The van der Waals surface area contributed by atoms with Gasteiger partial charge in [-0.1, -0.05) is 0 Å². The van der Waals surface area contributed by atoms with Gasteiger partial charge in [-0.3, -0.25) is 4.79 Å². The molecule has 7 nitrogen and oxygen atoms in total. The Balaban J connectivity index is 1.51. The zero-order chi connectivity index (χ0) is 20.9. The van der Waals surface area contributed by atoms with Crippen LogP contribution in [0.3, 0.4) is 0 Å². The molecule has 0 bridgehead atoms. The molecular formula is C22H29N3O4S. The molecular weight excluding hydrogens is 402 g/mol. The van der Waals surface area contributed by atoms with Crippen molar-refractivity contribution in [2.75, 3.05) is 33.4 Å². The van der Waals surface area contributed by atoms with Gasteiger partial charge in [0.2, 0.25) is 0 Å². The smallest absolute Gasteiger partial charge is 0.253 e. The topological polar surface area (TPSA) is 75.8 Å². The van der Waals surface area contributed by atoms with Gasteiger partial charge in [0.1, 0.15) is 5.75 Å². The van der Waals surface area contributed by atoms with Crippen molar-refractivity contribution in [1.82, 2.24) is 15.2 Å². The van der Waals surface area contributed by atoms with Gasteiger partial charge >= 0.3 is 0 Å². The molecule has 2 aromatic rings. The fourth-order valence-corrected chi connectivity index (χ4v) is 4.27. The van der Waals surface area contributed by atoms with Crippen LogP contribution in [0.1, 0.15) is 31.2 Å². The summed E-state index contributed by atoms with van der Waals surface area (Å²) in [5.74, 6) is 0.713. The van der Waals surface area contributed by atoms with E-state index in [2.05, 4.69) is 10.3 Å². The third kappa shape index (κ3) is 5.11. The third-order valence-corrected chi connectivity index (χ3v) is 6.13. The van der Waals surface area contributed by atoms with Crippen molar-refractivity contribution in [2.24, 2.45) is 0 Å². The van der Waals surface area contributed by atoms with Crippen molar-refractivity contribution < 1.29 is 14.2 Å². The molecule has 2 aliphatic heterocycles. The minimum Gasteiger partial charge on any atom is -0.497 e. The van der Waals surface area contributed by atoms with E-state index >= 15 is 0 Å². The highest BCUT2D eigenvalue weighted by atomic mass is 32.1. The van der Waals surface area contributed by atoms with Gasteiger partial charge in [-0.25, -0.2) is 0 Å². The Kier molecular flexibility index (Phi) is 6.86. The van der Waals surface area contributed by atoms with Crippen molar-refractivity contribution in [2.45, 2.75) is 44.4 Å². The van der Waals surface area contributed by atoms with Gasteiger partial charge in [0.25, 0.3) is 5.56 Å². The number of hydrogen-bond donors (Lipinski definition) is 2. The second-order valence-corrected chi connectivity index (χ2v) is 8.30. The molecule has 0 unspecified atom stereocenters. The van der Waals surface area contributed by atoms with Crippen LogP contribution in [-0.4, -0.2) is 60.6 Å². The van der Waals surface area contributed by atoms with Gasteiger partial charge < -0.3 is 29.4 Å². The summed E-state index contributed by atoms with van der Waals surface area (Å²) in [7, 11) is 1.61. The number of H-pyrrole nitrogens is 1. The van der Waals surface area contributed by atoms with E-state index in [-0.39, 0.29) is 17.8 Å². The van der Waals surface area contributed by atoms with Crippen LogP contribution in [0.25, 0.3) is 10.9 Å². The highest BCUT2D eigenvalue weighted by Gasteiger charge is 2.23. The van der Waals surface area contributed by atoms with E-state index in [1.807, 2.05) is 29.2 Å². The van der Waals surface area contributed by atoms with Gasteiger partial charge in [-0.15, -0.1) is 0 Å². The average Bonchev–Trinajstić information content (AvgIpc) is 3.45. The minimum atomic E-state index is -0.116. The Hall–Kier alpha value is -2.16. The van der Waals surface area contributed by atoms with E-state index in [0.29, 0.717) is 36.1 Å². The van der Waals surface area contributed by atoms with Gasteiger partial charge in [0.05, 0.1) is 31.4 Å². The first-order chi connectivity index (χ1) is 14.6. The molecule has 3 heterocycles. The van der Waals surface area contributed by atoms with Crippen LogP contribution in [-0.2, 0) is 16.0 Å². The van der Waals surface area contributed by atoms with Gasteiger partial charge in [-0.2, -0.15) is 0 Å². The number of benzene rings is 1. The van der Waals surface area contributed by atoms with Crippen LogP contribution in [0.2, 0.25) is 0 Å². The maximum absolute atomic E-state index is 12.8. The van der Waals surface area contributed by atoms with Crippen LogP contribution < -0.4 is 15.6 Å². The minimum absolute atomic E-state index is 0.116. The van der Waals surface area contributed by atoms with Crippen molar-refractivity contribution >= 4 is 28.2 Å². The predicted octanol–water partition coefficient (Wildman–Crippen LogP) is 2.57. The zero-order valence-corrected chi connectivity index (χ0v) is 18.1. The number of hydrogen-bond acceptors (Lipinski definition) is 5. The molecule has 1 aromatic heterocycles. The second kappa shape index (κ2) is 9.76. The number of nitrogens with one attached hydrogen (secondary N) is 2. The maximum Gasteiger partial charge on any atom is 0.253 e. The summed E-state index contributed by atoms with van der Waals surface area (Å²) in [6.07, 6.45) is 4.56. The molecule has 0 amide bonds. The maximum atomic E-state index is 12.8. The van der Waals surface area contributed by atoms with Gasteiger partial charge in [-0.05, 0) is 61.5 Å². The predicted molar refractivity (Wildman–Crippen MR) is 120 cm³/mol. The number of aromatic amines is 1. The molecule has 0 spiro atoms. The first-order valence-corrected chi connectivity index (χ1v) is 11.0. The lowest BCUT2D eigenvalue weighted by atomic mass is 10.1. The van der Waals surface area contributed by atoms with E-state index in [9.17, 15) is 4.79 Å². The highest BCUT2D eigenvalue weighted by Crippen LogP contribution is 2.20. The summed E-state index contributed by atoms with van der Waals surface area (Å²) in [6.45, 7) is 3.38. The molecule has 2 saturated heterocycles. The van der Waals surface area contributed by atoms with Gasteiger partial charge in [0.15, 0.2) is 5.11 Å². The highest BCUT2D eigenvalue weighted by molar-refractivity contribution is 7.80. The van der Waals surface area contributed by atoms with Crippen LogP contribution in [0.5, 0.6) is 5.75 Å². The van der Waals surface area contributed by atoms with Crippen molar-refractivity contribution in [3.63, 3.8) is 0 Å². The lowest BCUT2D eigenvalue weighted by Gasteiger charge is -2.28. The average molecular weight is 432 g/mol. The molecule has 1 aromatic carbocycles. The van der Waals surface area contributed by atoms with Crippen LogP contribution >= 0.6 is 12.2 Å². The number of aromatic nitrogens is 1. The van der Waals surface area contributed by atoms with Crippen LogP contribution in [0, 0.1) is 0 Å². The van der Waals surface area contributed by atoms with E-state index in [0.717, 1.165) is 49.8 Å². The Morgan fingerprint density at radius 2 is 2.00 bits per heavy atom. The molecule has 0 saturated carbocycles. The molecule has 2 atom stereocenters. The SMILES string of the molecule is COc1ccc2cc(CN(C[C@H]3CCCO3)C(=S)NC[C@H]3CCCO3)c(=O)[nH]c2c1. The van der Waals surface area contributed by atoms with Crippen molar-refractivity contribution in [3.05, 3.63) is 40.2 Å². The zero-order valence-electron chi connectivity index (χ0n) is 17.3. The van der Waals surface area contributed by atoms with Crippen molar-refractivity contribution in [1.29, 1.82) is 0 Å². The third-order valence-electron chi connectivity index (χ3n) is 5.73. The normalized spacial score (nSPS) is 21.1. The van der Waals surface area contributed by atoms with E-state index in [1.54, 1.807) is 7.11 Å². The molecule has 0 aliphatic carbocycles. The second-order valence-electron chi connectivity index (χ2n) is 7.91. The Bertz CT molecular complexity index is 936. The fourth-order valence-electron chi connectivity index (χ4n) is 4.05. The van der Waals surface area contributed by atoms with E-state index in [1.165, 1.54) is 0 Å². The van der Waals surface area contributed by atoms with Crippen LogP contribution in [0.15, 0.2) is 29.1 Å². The summed E-state index contributed by atoms with van der Waals surface area (Å²) in [5, 5.41) is 4.93. The first-order valence-electron chi connectivity index (χ1n) is 10.6. The fraction of sp³-hybridized carbons (Fsp3) is 0.545. The molecule has 4 rings (SSSR count). The largest absolute Gasteiger partial charge is 0.497 e. The van der Waals surface area contributed by atoms with Crippen molar-refractivity contribution in [3.8, 4) is 5.75 Å². The molecule has 30 heavy (non-hydrogen) atoms. The lowest BCUT2D eigenvalue weighted by molar-refractivity contribution is 0.0885.